The summed E-state index contributed by atoms with van der Waals surface area (Å²) in [6.45, 7) is 6.40. The van der Waals surface area contributed by atoms with Crippen molar-refractivity contribution in [1.29, 1.82) is 0 Å². The normalized spacial score (nSPS) is 9.90. The number of aryl methyl sites for hydroxylation is 2. The van der Waals surface area contributed by atoms with Gasteiger partial charge in [-0.2, -0.15) is 0 Å². The van der Waals surface area contributed by atoms with Crippen molar-refractivity contribution >= 4 is 20.5 Å². The van der Waals surface area contributed by atoms with Gasteiger partial charge in [-0.05, 0) is 0 Å². The van der Waals surface area contributed by atoms with E-state index >= 15 is 0 Å². The van der Waals surface area contributed by atoms with Gasteiger partial charge in [0.15, 0.2) is 0 Å². The quantitative estimate of drug-likeness (QED) is 0.553. The van der Waals surface area contributed by atoms with Crippen LogP contribution in [-0.4, -0.2) is 16.0 Å². The van der Waals surface area contributed by atoms with E-state index < -0.39 is 0 Å². The predicted octanol–water partition coefficient (Wildman–Crippen LogP) is 1.41. The fourth-order valence-corrected chi connectivity index (χ4v) is 1.73. The van der Waals surface area contributed by atoms with Crippen LogP contribution in [0.25, 0.3) is 0 Å². The van der Waals surface area contributed by atoms with Gasteiger partial charge in [0.05, 0.1) is 0 Å². The van der Waals surface area contributed by atoms with Gasteiger partial charge in [0.2, 0.25) is 0 Å². The Hall–Kier alpha value is -0.261. The molecule has 0 aliphatic rings. The molecule has 53 valence electrons. The van der Waals surface area contributed by atoms with E-state index in [0.717, 1.165) is 0 Å². The summed E-state index contributed by atoms with van der Waals surface area (Å²) in [5, 5.41) is 0. The minimum absolute atomic E-state index is 1.28. The summed E-state index contributed by atoms with van der Waals surface area (Å²) in [6, 6.07) is 4.37. The van der Waals surface area contributed by atoms with Gasteiger partial charge in [-0.15, -0.1) is 0 Å². The van der Waals surface area contributed by atoms with Gasteiger partial charge in [0, 0.05) is 0 Å². The molecule has 0 saturated heterocycles. The summed E-state index contributed by atoms with van der Waals surface area (Å²) in [5.74, 6) is 0. The monoisotopic (exact) mass is 199 g/mol. The zero-order valence-electron chi connectivity index (χ0n) is 6.56. The van der Waals surface area contributed by atoms with Crippen LogP contribution in [0.3, 0.4) is 0 Å². The van der Waals surface area contributed by atoms with E-state index in [1.165, 1.54) is 21.2 Å². The van der Waals surface area contributed by atoms with E-state index in [1.54, 1.807) is 0 Å². The van der Waals surface area contributed by atoms with E-state index in [1.807, 2.05) is 0 Å². The average Bonchev–Trinajstić information content (AvgIpc) is 1.82. The molecule has 1 radical (unpaired) electrons. The van der Waals surface area contributed by atoms with E-state index in [0.29, 0.717) is 0 Å². The minimum atomic E-state index is 1.28. The van der Waals surface area contributed by atoms with E-state index in [9.17, 15) is 0 Å². The standard InChI is InChI=1S/C9H11Se/c1-6-4-7(2)8(3)9(10)5-6/h4-5H,1-3H3. The maximum absolute atomic E-state index is 3.05. The molecule has 0 bridgehead atoms. The molecular formula is C9H11Se. The number of hydrogen-bond donors (Lipinski definition) is 0. The molecule has 0 atom stereocenters. The number of hydrogen-bond acceptors (Lipinski definition) is 0. The molecule has 0 unspecified atom stereocenters. The van der Waals surface area contributed by atoms with Crippen molar-refractivity contribution in [2.75, 3.05) is 0 Å². The molecule has 0 spiro atoms. The fourth-order valence-electron chi connectivity index (χ4n) is 1.00. The van der Waals surface area contributed by atoms with Crippen LogP contribution < -0.4 is 4.46 Å². The van der Waals surface area contributed by atoms with Crippen molar-refractivity contribution < 1.29 is 0 Å². The van der Waals surface area contributed by atoms with Crippen molar-refractivity contribution in [2.24, 2.45) is 0 Å². The Bertz CT molecular complexity index is 228. The summed E-state index contributed by atoms with van der Waals surface area (Å²) in [6.07, 6.45) is 0. The van der Waals surface area contributed by atoms with Gasteiger partial charge in [-0.25, -0.2) is 0 Å². The Kier molecular flexibility index (Phi) is 2.17. The van der Waals surface area contributed by atoms with Crippen molar-refractivity contribution in [3.8, 4) is 0 Å². The molecule has 0 saturated carbocycles. The molecule has 0 heterocycles. The van der Waals surface area contributed by atoms with Crippen LogP contribution in [0.5, 0.6) is 0 Å². The molecule has 0 N–H and O–H groups in total. The predicted molar refractivity (Wildman–Crippen MR) is 46.0 cm³/mol. The van der Waals surface area contributed by atoms with Crippen molar-refractivity contribution in [2.45, 2.75) is 20.8 Å². The fraction of sp³-hybridized carbons (Fsp3) is 0.333. The SMILES string of the molecule is Cc1cc(C)c(C)c([Se])c1. The summed E-state index contributed by atoms with van der Waals surface area (Å²) < 4.78 is 1.28. The third kappa shape index (κ3) is 1.42. The average molecular weight is 198 g/mol. The van der Waals surface area contributed by atoms with Crippen molar-refractivity contribution in [3.05, 3.63) is 28.8 Å². The molecule has 0 aromatic heterocycles. The maximum atomic E-state index is 3.05. The van der Waals surface area contributed by atoms with Crippen molar-refractivity contribution in [1.82, 2.24) is 0 Å². The van der Waals surface area contributed by atoms with Gasteiger partial charge in [0.1, 0.15) is 0 Å². The molecule has 0 fully saturated rings. The van der Waals surface area contributed by atoms with Crippen LogP contribution >= 0.6 is 0 Å². The Labute approximate surface area is 70.5 Å². The van der Waals surface area contributed by atoms with Crippen molar-refractivity contribution in [3.63, 3.8) is 0 Å². The van der Waals surface area contributed by atoms with Crippen LogP contribution in [0, 0.1) is 20.8 Å². The molecule has 1 rings (SSSR count). The van der Waals surface area contributed by atoms with Crippen LogP contribution in [0.15, 0.2) is 12.1 Å². The number of rotatable bonds is 0. The summed E-state index contributed by atoms with van der Waals surface area (Å²) >= 11 is 3.05. The van der Waals surface area contributed by atoms with Gasteiger partial charge in [-0.3, -0.25) is 0 Å². The van der Waals surface area contributed by atoms with Gasteiger partial charge >= 0.3 is 70.1 Å². The van der Waals surface area contributed by atoms with Crippen LogP contribution in [-0.2, 0) is 0 Å². The van der Waals surface area contributed by atoms with Crippen LogP contribution in [0.2, 0.25) is 0 Å². The Morgan fingerprint density at radius 1 is 1.10 bits per heavy atom. The van der Waals surface area contributed by atoms with E-state index in [4.69, 9.17) is 0 Å². The van der Waals surface area contributed by atoms with Gasteiger partial charge in [-0.1, -0.05) is 0 Å². The molecule has 0 aliphatic carbocycles. The first-order chi connectivity index (χ1) is 4.61. The second kappa shape index (κ2) is 2.77. The Morgan fingerprint density at radius 2 is 1.70 bits per heavy atom. The molecule has 0 aliphatic heterocycles. The first kappa shape index (κ1) is 7.84. The van der Waals surface area contributed by atoms with E-state index in [-0.39, 0.29) is 0 Å². The number of benzene rings is 1. The van der Waals surface area contributed by atoms with Gasteiger partial charge in [0.25, 0.3) is 0 Å². The summed E-state index contributed by atoms with van der Waals surface area (Å²) in [4.78, 5) is 0. The zero-order chi connectivity index (χ0) is 7.72. The molecule has 1 aromatic carbocycles. The zero-order valence-corrected chi connectivity index (χ0v) is 8.28. The van der Waals surface area contributed by atoms with Gasteiger partial charge < -0.3 is 0 Å². The first-order valence-electron chi connectivity index (χ1n) is 3.36. The molecular weight excluding hydrogens is 187 g/mol. The van der Waals surface area contributed by atoms with E-state index in [2.05, 4.69) is 48.9 Å². The van der Waals surface area contributed by atoms with Crippen LogP contribution in [0.4, 0.5) is 0 Å². The third-order valence-corrected chi connectivity index (χ3v) is 2.65. The molecule has 10 heavy (non-hydrogen) atoms. The molecule has 0 nitrogen and oxygen atoms in total. The molecule has 1 heteroatoms. The molecule has 0 amide bonds. The second-order valence-electron chi connectivity index (χ2n) is 2.70. The Morgan fingerprint density at radius 3 is 2.20 bits per heavy atom. The Balaban J connectivity index is 3.31. The first-order valence-corrected chi connectivity index (χ1v) is 4.22. The summed E-state index contributed by atoms with van der Waals surface area (Å²) in [7, 11) is 0. The van der Waals surface area contributed by atoms with Crippen LogP contribution in [0.1, 0.15) is 16.7 Å². The second-order valence-corrected chi connectivity index (χ2v) is 3.63. The topological polar surface area (TPSA) is 0 Å². The summed E-state index contributed by atoms with van der Waals surface area (Å²) in [5.41, 5.74) is 4.07. The molecule has 1 aromatic rings. The third-order valence-electron chi connectivity index (χ3n) is 1.76.